The molecule has 0 saturated carbocycles. The van der Waals surface area contributed by atoms with Crippen LogP contribution < -0.4 is 11.1 Å². The molecule has 29 heavy (non-hydrogen) atoms. The molecule has 3 N–H and O–H groups in total. The molecule has 0 aliphatic heterocycles. The largest absolute Gasteiger partial charge is 0.368 e. The van der Waals surface area contributed by atoms with Crippen LogP contribution in [0.2, 0.25) is 10.0 Å². The summed E-state index contributed by atoms with van der Waals surface area (Å²) in [5, 5.41) is 3.62. The van der Waals surface area contributed by atoms with Crippen LogP contribution >= 0.6 is 23.2 Å². The van der Waals surface area contributed by atoms with E-state index in [0.29, 0.717) is 15.6 Å². The van der Waals surface area contributed by atoms with Gasteiger partial charge >= 0.3 is 0 Å². The van der Waals surface area contributed by atoms with Gasteiger partial charge in [-0.15, -0.1) is 0 Å². The van der Waals surface area contributed by atoms with E-state index in [4.69, 9.17) is 28.9 Å². The smallest absolute Gasteiger partial charge is 0.240 e. The van der Waals surface area contributed by atoms with Gasteiger partial charge in [-0.05, 0) is 28.8 Å². The molecule has 0 fully saturated rings. The number of carbonyl (C=O) groups is 2. The normalized spacial score (nSPS) is 11.8. The maximum Gasteiger partial charge on any atom is 0.240 e. The minimum absolute atomic E-state index is 0.107. The molecule has 3 aromatic carbocycles. The predicted octanol–water partition coefficient (Wildman–Crippen LogP) is 4.34. The Morgan fingerprint density at radius 3 is 1.72 bits per heavy atom. The first-order valence-electron chi connectivity index (χ1n) is 9.10. The van der Waals surface area contributed by atoms with Crippen LogP contribution in [-0.2, 0) is 16.0 Å². The van der Waals surface area contributed by atoms with Gasteiger partial charge in [0.15, 0.2) is 0 Å². The molecule has 0 saturated heterocycles. The van der Waals surface area contributed by atoms with E-state index < -0.39 is 17.9 Å². The molecule has 0 spiro atoms. The van der Waals surface area contributed by atoms with Crippen molar-refractivity contribution in [2.45, 2.75) is 18.4 Å². The highest BCUT2D eigenvalue weighted by Gasteiger charge is 2.27. The van der Waals surface area contributed by atoms with Crippen LogP contribution in [0, 0.1) is 0 Å². The van der Waals surface area contributed by atoms with E-state index in [0.717, 1.165) is 11.1 Å². The molecule has 4 nitrogen and oxygen atoms in total. The van der Waals surface area contributed by atoms with E-state index in [-0.39, 0.29) is 12.3 Å². The summed E-state index contributed by atoms with van der Waals surface area (Å²) in [5.41, 5.74) is 7.77. The molecular weight excluding hydrogens is 407 g/mol. The number of amides is 2. The van der Waals surface area contributed by atoms with Crippen molar-refractivity contribution in [3.63, 3.8) is 0 Å². The number of rotatable bonds is 7. The zero-order valence-corrected chi connectivity index (χ0v) is 17.0. The average Bonchev–Trinajstić information content (AvgIpc) is 2.71. The van der Waals surface area contributed by atoms with E-state index in [1.807, 2.05) is 60.7 Å². The van der Waals surface area contributed by atoms with Crippen LogP contribution in [0.3, 0.4) is 0 Å². The van der Waals surface area contributed by atoms with Gasteiger partial charge in [-0.2, -0.15) is 0 Å². The first-order chi connectivity index (χ1) is 14.0. The lowest BCUT2D eigenvalue weighted by Crippen LogP contribution is -2.47. The SMILES string of the molecule is NC(=O)[C@@H](Cc1c(Cl)cccc1Cl)NC(=O)C(c1ccccc1)c1ccccc1. The molecule has 3 aromatic rings. The third-order valence-corrected chi connectivity index (χ3v) is 5.37. The molecule has 0 heterocycles. The lowest BCUT2D eigenvalue weighted by molar-refractivity contribution is -0.127. The first-order valence-corrected chi connectivity index (χ1v) is 9.85. The van der Waals surface area contributed by atoms with Crippen LogP contribution in [0.4, 0.5) is 0 Å². The number of benzene rings is 3. The van der Waals surface area contributed by atoms with Crippen molar-refractivity contribution in [3.8, 4) is 0 Å². The van der Waals surface area contributed by atoms with Gasteiger partial charge in [-0.1, -0.05) is 89.9 Å². The first kappa shape index (κ1) is 20.9. The second kappa shape index (κ2) is 9.59. The number of halogens is 2. The van der Waals surface area contributed by atoms with Gasteiger partial charge in [0.2, 0.25) is 11.8 Å². The lowest BCUT2D eigenvalue weighted by atomic mass is 9.90. The Hall–Kier alpha value is -2.82. The van der Waals surface area contributed by atoms with Crippen molar-refractivity contribution < 1.29 is 9.59 Å². The van der Waals surface area contributed by atoms with E-state index in [1.54, 1.807) is 18.2 Å². The molecule has 1 atom stereocenters. The number of carbonyl (C=O) groups excluding carboxylic acids is 2. The molecule has 0 aromatic heterocycles. The highest BCUT2D eigenvalue weighted by Crippen LogP contribution is 2.27. The van der Waals surface area contributed by atoms with E-state index in [9.17, 15) is 9.59 Å². The summed E-state index contributed by atoms with van der Waals surface area (Å²) < 4.78 is 0. The van der Waals surface area contributed by atoms with Crippen LogP contribution in [0.1, 0.15) is 22.6 Å². The third-order valence-electron chi connectivity index (χ3n) is 4.66. The molecule has 148 valence electrons. The van der Waals surface area contributed by atoms with Gasteiger partial charge in [0.1, 0.15) is 6.04 Å². The number of nitrogens with one attached hydrogen (secondary N) is 1. The van der Waals surface area contributed by atoms with Gasteiger partial charge < -0.3 is 11.1 Å². The lowest BCUT2D eigenvalue weighted by Gasteiger charge is -2.22. The minimum atomic E-state index is -0.949. The van der Waals surface area contributed by atoms with Crippen molar-refractivity contribution in [3.05, 3.63) is 106 Å². The topological polar surface area (TPSA) is 72.2 Å². The standard InChI is InChI=1S/C23H20Cl2N2O2/c24-18-12-7-13-19(25)17(18)14-20(22(26)28)27-23(29)21(15-8-3-1-4-9-15)16-10-5-2-6-11-16/h1-13,20-21H,14H2,(H2,26,28)(H,27,29)/t20-/m1/s1. The highest BCUT2D eigenvalue weighted by atomic mass is 35.5. The molecule has 0 aliphatic rings. The summed E-state index contributed by atoms with van der Waals surface area (Å²) in [4.78, 5) is 25.3. The molecular formula is C23H20Cl2N2O2. The minimum Gasteiger partial charge on any atom is -0.368 e. The Balaban J connectivity index is 1.90. The van der Waals surface area contributed by atoms with Crippen LogP contribution in [0.5, 0.6) is 0 Å². The molecule has 0 unspecified atom stereocenters. The molecule has 6 heteroatoms. The quantitative estimate of drug-likeness (QED) is 0.589. The fraction of sp³-hybridized carbons (Fsp3) is 0.130. The van der Waals surface area contributed by atoms with Gasteiger partial charge in [-0.25, -0.2) is 0 Å². The third kappa shape index (κ3) is 5.17. The second-order valence-electron chi connectivity index (χ2n) is 6.62. The Labute approximate surface area is 179 Å². The van der Waals surface area contributed by atoms with Crippen LogP contribution in [0.15, 0.2) is 78.9 Å². The zero-order chi connectivity index (χ0) is 20.8. The molecule has 3 rings (SSSR count). The summed E-state index contributed by atoms with van der Waals surface area (Å²) in [6.45, 7) is 0. The summed E-state index contributed by atoms with van der Waals surface area (Å²) >= 11 is 12.4. The predicted molar refractivity (Wildman–Crippen MR) is 116 cm³/mol. The van der Waals surface area contributed by atoms with Gasteiger partial charge in [-0.3, -0.25) is 9.59 Å². The van der Waals surface area contributed by atoms with Gasteiger partial charge in [0.05, 0.1) is 5.92 Å². The Morgan fingerprint density at radius 2 is 1.28 bits per heavy atom. The summed E-state index contributed by atoms with van der Waals surface area (Å²) in [5.74, 6) is -1.57. The van der Waals surface area contributed by atoms with Crippen molar-refractivity contribution in [2.75, 3.05) is 0 Å². The van der Waals surface area contributed by atoms with Crippen molar-refractivity contribution in [2.24, 2.45) is 5.73 Å². The van der Waals surface area contributed by atoms with Gasteiger partial charge in [0, 0.05) is 16.5 Å². The monoisotopic (exact) mass is 426 g/mol. The molecule has 0 radical (unpaired) electrons. The summed E-state index contributed by atoms with van der Waals surface area (Å²) in [6.07, 6.45) is 0.107. The maximum absolute atomic E-state index is 13.2. The number of hydrogen-bond acceptors (Lipinski definition) is 2. The van der Waals surface area contributed by atoms with Crippen LogP contribution in [-0.4, -0.2) is 17.9 Å². The van der Waals surface area contributed by atoms with Crippen molar-refractivity contribution in [1.82, 2.24) is 5.32 Å². The van der Waals surface area contributed by atoms with Gasteiger partial charge in [0.25, 0.3) is 0 Å². The Bertz CT molecular complexity index is 935. The van der Waals surface area contributed by atoms with Crippen LogP contribution in [0.25, 0.3) is 0 Å². The summed E-state index contributed by atoms with van der Waals surface area (Å²) in [7, 11) is 0. The average molecular weight is 427 g/mol. The summed E-state index contributed by atoms with van der Waals surface area (Å²) in [6, 6.07) is 22.9. The number of nitrogens with two attached hydrogens (primary N) is 1. The van der Waals surface area contributed by atoms with E-state index in [1.165, 1.54) is 0 Å². The molecule has 0 aliphatic carbocycles. The van der Waals surface area contributed by atoms with Crippen molar-refractivity contribution in [1.29, 1.82) is 0 Å². The highest BCUT2D eigenvalue weighted by molar-refractivity contribution is 6.36. The molecule has 0 bridgehead atoms. The Morgan fingerprint density at radius 1 is 0.793 bits per heavy atom. The fourth-order valence-electron chi connectivity index (χ4n) is 3.20. The number of hydrogen-bond donors (Lipinski definition) is 2. The maximum atomic E-state index is 13.2. The number of primary amides is 1. The zero-order valence-electron chi connectivity index (χ0n) is 15.5. The fourth-order valence-corrected chi connectivity index (χ4v) is 3.75. The van der Waals surface area contributed by atoms with E-state index in [2.05, 4.69) is 5.32 Å². The van der Waals surface area contributed by atoms with Crippen molar-refractivity contribution >= 4 is 35.0 Å². The second-order valence-corrected chi connectivity index (χ2v) is 7.44. The Kier molecular flexibility index (Phi) is 6.91. The van der Waals surface area contributed by atoms with E-state index >= 15 is 0 Å². The molecule has 2 amide bonds.